The number of benzene rings is 1. The molecule has 110 valence electrons. The van der Waals surface area contributed by atoms with Crippen LogP contribution in [0, 0.1) is 17.8 Å². The number of rotatable bonds is 4. The fourth-order valence-electron chi connectivity index (χ4n) is 3.75. The molecule has 2 nitrogen and oxygen atoms in total. The van der Waals surface area contributed by atoms with Gasteiger partial charge in [-0.15, -0.1) is 13.2 Å². The Labute approximate surface area is 116 Å². The average molecular weight is 285 g/mol. The number of fused-ring (bicyclic) bond motifs is 1. The zero-order valence-electron chi connectivity index (χ0n) is 11.1. The number of alkyl halides is 3. The van der Waals surface area contributed by atoms with E-state index >= 15 is 0 Å². The van der Waals surface area contributed by atoms with Gasteiger partial charge in [-0.3, -0.25) is 0 Å². The minimum atomic E-state index is -4.64. The second-order valence-electron chi connectivity index (χ2n) is 5.90. The van der Waals surface area contributed by atoms with Crippen LogP contribution in [-0.4, -0.2) is 12.4 Å². The molecule has 5 heteroatoms. The van der Waals surface area contributed by atoms with Gasteiger partial charge in [0, 0.05) is 6.04 Å². The Morgan fingerprint density at radius 3 is 2.30 bits per heavy atom. The summed E-state index contributed by atoms with van der Waals surface area (Å²) >= 11 is 0. The summed E-state index contributed by atoms with van der Waals surface area (Å²) in [6.07, 6.45) is -0.00183. The summed E-state index contributed by atoms with van der Waals surface area (Å²) in [6, 6.07) is 6.16. The Bertz CT molecular complexity index is 461. The van der Waals surface area contributed by atoms with Crippen LogP contribution in [-0.2, 0) is 6.42 Å². The van der Waals surface area contributed by atoms with Crippen LogP contribution in [0.15, 0.2) is 24.3 Å². The van der Waals surface area contributed by atoms with Gasteiger partial charge in [-0.2, -0.15) is 0 Å². The smallest absolute Gasteiger partial charge is 0.406 e. The molecule has 0 amide bonds. The van der Waals surface area contributed by atoms with E-state index in [-0.39, 0.29) is 11.8 Å². The Hall–Kier alpha value is -1.23. The molecule has 2 aliphatic rings. The van der Waals surface area contributed by atoms with Crippen LogP contribution >= 0.6 is 0 Å². The third kappa shape index (κ3) is 2.92. The van der Waals surface area contributed by atoms with E-state index in [1.807, 2.05) is 0 Å². The van der Waals surface area contributed by atoms with Crippen LogP contribution in [0.4, 0.5) is 13.2 Å². The zero-order valence-corrected chi connectivity index (χ0v) is 11.1. The molecule has 2 aliphatic carbocycles. The summed E-state index contributed by atoms with van der Waals surface area (Å²) in [6.45, 7) is 0. The highest BCUT2D eigenvalue weighted by Crippen LogP contribution is 2.58. The van der Waals surface area contributed by atoms with E-state index in [0.717, 1.165) is 23.8 Å². The molecule has 0 heterocycles. The van der Waals surface area contributed by atoms with E-state index in [2.05, 4.69) is 4.74 Å². The van der Waals surface area contributed by atoms with Crippen molar-refractivity contribution in [3.8, 4) is 5.75 Å². The molecule has 2 saturated carbocycles. The summed E-state index contributed by atoms with van der Waals surface area (Å²) in [4.78, 5) is 0. The van der Waals surface area contributed by atoms with E-state index in [0.29, 0.717) is 5.92 Å². The van der Waals surface area contributed by atoms with Gasteiger partial charge in [-0.1, -0.05) is 18.6 Å². The highest BCUT2D eigenvalue weighted by molar-refractivity contribution is 5.28. The zero-order chi connectivity index (χ0) is 14.3. The molecule has 20 heavy (non-hydrogen) atoms. The lowest BCUT2D eigenvalue weighted by Gasteiger charge is -2.14. The van der Waals surface area contributed by atoms with Crippen LogP contribution in [0.1, 0.15) is 24.8 Å². The number of nitrogens with two attached hydrogens (primary N) is 1. The van der Waals surface area contributed by atoms with Crippen LogP contribution in [0.2, 0.25) is 0 Å². The van der Waals surface area contributed by atoms with Crippen molar-refractivity contribution in [1.29, 1.82) is 0 Å². The summed E-state index contributed by atoms with van der Waals surface area (Å²) in [5.74, 6) is 2.05. The van der Waals surface area contributed by atoms with Gasteiger partial charge in [-0.25, -0.2) is 0 Å². The summed E-state index contributed by atoms with van der Waals surface area (Å²) in [7, 11) is 0. The third-order valence-corrected chi connectivity index (χ3v) is 4.60. The normalized spacial score (nSPS) is 29.9. The van der Waals surface area contributed by atoms with Crippen molar-refractivity contribution in [1.82, 2.24) is 0 Å². The minimum Gasteiger partial charge on any atom is -0.406 e. The van der Waals surface area contributed by atoms with Gasteiger partial charge in [0.05, 0.1) is 0 Å². The Morgan fingerprint density at radius 1 is 1.15 bits per heavy atom. The highest BCUT2D eigenvalue weighted by atomic mass is 19.4. The van der Waals surface area contributed by atoms with Crippen molar-refractivity contribution < 1.29 is 17.9 Å². The van der Waals surface area contributed by atoms with E-state index < -0.39 is 6.36 Å². The molecule has 2 N–H and O–H groups in total. The SMILES string of the molecule is NC(Cc1ccc(OC(F)(F)F)cc1)C1C2CCCC21. The lowest BCUT2D eigenvalue weighted by atomic mass is 9.98. The van der Waals surface area contributed by atoms with Crippen molar-refractivity contribution in [2.24, 2.45) is 23.5 Å². The van der Waals surface area contributed by atoms with Gasteiger partial charge in [0.2, 0.25) is 0 Å². The second kappa shape index (κ2) is 4.95. The Morgan fingerprint density at radius 2 is 1.75 bits per heavy atom. The first-order valence-corrected chi connectivity index (χ1v) is 7.04. The van der Waals surface area contributed by atoms with Gasteiger partial charge in [0.15, 0.2) is 0 Å². The van der Waals surface area contributed by atoms with E-state index in [4.69, 9.17) is 5.73 Å². The first-order valence-electron chi connectivity index (χ1n) is 7.04. The molecule has 3 rings (SSSR count). The molecule has 1 aromatic carbocycles. The van der Waals surface area contributed by atoms with Crippen molar-refractivity contribution in [2.75, 3.05) is 0 Å². The number of hydrogen-bond donors (Lipinski definition) is 1. The molecular formula is C15H18F3NO. The third-order valence-electron chi connectivity index (χ3n) is 4.60. The topological polar surface area (TPSA) is 35.2 Å². The first-order chi connectivity index (χ1) is 9.44. The van der Waals surface area contributed by atoms with Crippen molar-refractivity contribution in [3.05, 3.63) is 29.8 Å². The number of hydrogen-bond acceptors (Lipinski definition) is 2. The minimum absolute atomic E-state index is 0.125. The fraction of sp³-hybridized carbons (Fsp3) is 0.600. The summed E-state index contributed by atoms with van der Waals surface area (Å²) in [5, 5.41) is 0. The van der Waals surface area contributed by atoms with E-state index in [9.17, 15) is 13.2 Å². The van der Waals surface area contributed by atoms with Crippen LogP contribution in [0.25, 0.3) is 0 Å². The predicted octanol–water partition coefficient (Wildman–Crippen LogP) is 3.50. The lowest BCUT2D eigenvalue weighted by molar-refractivity contribution is -0.274. The number of ether oxygens (including phenoxy) is 1. The first kappa shape index (κ1) is 13.7. The van der Waals surface area contributed by atoms with Crippen molar-refractivity contribution in [2.45, 2.75) is 38.1 Å². The maximum absolute atomic E-state index is 12.1. The standard InChI is InChI=1S/C15H18F3NO/c16-15(17,18)20-10-6-4-9(5-7-10)8-13(19)14-11-2-1-3-12(11)14/h4-7,11-14H,1-3,8,19H2. The molecule has 3 atom stereocenters. The molecule has 0 bridgehead atoms. The van der Waals surface area contributed by atoms with Crippen LogP contribution in [0.3, 0.4) is 0 Å². The molecule has 2 fully saturated rings. The fourth-order valence-corrected chi connectivity index (χ4v) is 3.75. The maximum Gasteiger partial charge on any atom is 0.573 e. The molecule has 0 spiro atoms. The monoisotopic (exact) mass is 285 g/mol. The molecular weight excluding hydrogens is 267 g/mol. The highest BCUT2D eigenvalue weighted by Gasteiger charge is 2.54. The van der Waals surface area contributed by atoms with Crippen LogP contribution < -0.4 is 10.5 Å². The molecule has 1 aromatic rings. The average Bonchev–Trinajstić information content (AvgIpc) is 2.84. The second-order valence-corrected chi connectivity index (χ2v) is 5.90. The molecule has 0 saturated heterocycles. The molecule has 0 radical (unpaired) electrons. The molecule has 0 aliphatic heterocycles. The maximum atomic E-state index is 12.1. The van der Waals surface area contributed by atoms with Gasteiger partial charge in [0.25, 0.3) is 0 Å². The van der Waals surface area contributed by atoms with Gasteiger partial charge < -0.3 is 10.5 Å². The summed E-state index contributed by atoms with van der Waals surface area (Å²) in [5.41, 5.74) is 7.20. The Balaban J connectivity index is 1.55. The predicted molar refractivity (Wildman–Crippen MR) is 69.1 cm³/mol. The van der Waals surface area contributed by atoms with Crippen molar-refractivity contribution >= 4 is 0 Å². The molecule has 0 aromatic heterocycles. The van der Waals surface area contributed by atoms with Gasteiger partial charge in [-0.05, 0) is 54.7 Å². The lowest BCUT2D eigenvalue weighted by Crippen LogP contribution is -2.27. The van der Waals surface area contributed by atoms with Gasteiger partial charge in [0.1, 0.15) is 5.75 Å². The quantitative estimate of drug-likeness (QED) is 0.919. The Kier molecular flexibility index (Phi) is 3.40. The largest absolute Gasteiger partial charge is 0.573 e. The summed E-state index contributed by atoms with van der Waals surface area (Å²) < 4.78 is 40.0. The number of halogens is 3. The van der Waals surface area contributed by atoms with Crippen LogP contribution in [0.5, 0.6) is 5.75 Å². The van der Waals surface area contributed by atoms with Crippen molar-refractivity contribution in [3.63, 3.8) is 0 Å². The van der Waals surface area contributed by atoms with E-state index in [1.165, 1.54) is 31.4 Å². The van der Waals surface area contributed by atoms with Gasteiger partial charge >= 0.3 is 6.36 Å². The molecule has 3 unspecified atom stereocenters. The van der Waals surface area contributed by atoms with E-state index in [1.54, 1.807) is 12.1 Å².